The van der Waals surface area contributed by atoms with Gasteiger partial charge >= 0.3 is 0 Å². The minimum atomic E-state index is -0.375. The molecular formula is C14H11BrClF2N. The standard InChI is InChI=1S/C14H11BrClF2N/c1-8-4-11(15)13(18)6-14(8)19-7-9-2-3-10(17)5-12(9)16/h2-6,19H,7H2,1H3. The summed E-state index contributed by atoms with van der Waals surface area (Å²) >= 11 is 9.06. The van der Waals surface area contributed by atoms with Gasteiger partial charge in [-0.25, -0.2) is 8.78 Å². The third-order valence-electron chi connectivity index (χ3n) is 2.75. The van der Waals surface area contributed by atoms with E-state index >= 15 is 0 Å². The lowest BCUT2D eigenvalue weighted by molar-refractivity contribution is 0.621. The fourth-order valence-corrected chi connectivity index (χ4v) is 2.38. The Hall–Kier alpha value is -1.13. The SMILES string of the molecule is Cc1cc(Br)c(F)cc1NCc1ccc(F)cc1Cl. The molecule has 0 saturated carbocycles. The lowest BCUT2D eigenvalue weighted by atomic mass is 10.1. The van der Waals surface area contributed by atoms with Crippen LogP contribution in [-0.2, 0) is 6.54 Å². The zero-order valence-electron chi connectivity index (χ0n) is 10.1. The van der Waals surface area contributed by atoms with Crippen molar-refractivity contribution in [1.29, 1.82) is 0 Å². The van der Waals surface area contributed by atoms with Gasteiger partial charge in [-0.05, 0) is 58.2 Å². The first-order valence-corrected chi connectivity index (χ1v) is 6.78. The van der Waals surface area contributed by atoms with Gasteiger partial charge in [-0.3, -0.25) is 0 Å². The van der Waals surface area contributed by atoms with Gasteiger partial charge in [0.1, 0.15) is 11.6 Å². The predicted molar refractivity (Wildman–Crippen MR) is 77.6 cm³/mol. The average molecular weight is 347 g/mol. The molecule has 0 aromatic heterocycles. The molecule has 19 heavy (non-hydrogen) atoms. The smallest absolute Gasteiger partial charge is 0.139 e. The second-order valence-electron chi connectivity index (χ2n) is 4.17. The van der Waals surface area contributed by atoms with Crippen molar-refractivity contribution in [3.05, 3.63) is 62.6 Å². The van der Waals surface area contributed by atoms with Gasteiger partial charge in [0.2, 0.25) is 0 Å². The van der Waals surface area contributed by atoms with E-state index in [0.29, 0.717) is 21.7 Å². The quantitative estimate of drug-likeness (QED) is 0.795. The van der Waals surface area contributed by atoms with Gasteiger partial charge in [-0.1, -0.05) is 17.7 Å². The molecule has 0 unspecified atom stereocenters. The summed E-state index contributed by atoms with van der Waals surface area (Å²) < 4.78 is 26.8. The number of halogens is 4. The van der Waals surface area contributed by atoms with Crippen molar-refractivity contribution in [2.75, 3.05) is 5.32 Å². The fourth-order valence-electron chi connectivity index (χ4n) is 1.69. The van der Waals surface area contributed by atoms with Crippen LogP contribution >= 0.6 is 27.5 Å². The summed E-state index contributed by atoms with van der Waals surface area (Å²) in [6.45, 7) is 2.28. The summed E-state index contributed by atoms with van der Waals surface area (Å²) in [5.41, 5.74) is 2.35. The Labute approximate surface area is 123 Å². The van der Waals surface area contributed by atoms with Crippen LogP contribution in [0.1, 0.15) is 11.1 Å². The molecule has 1 N–H and O–H groups in total. The molecule has 0 radical (unpaired) electrons. The zero-order valence-corrected chi connectivity index (χ0v) is 12.4. The van der Waals surface area contributed by atoms with E-state index in [1.807, 2.05) is 6.92 Å². The lowest BCUT2D eigenvalue weighted by Gasteiger charge is -2.11. The maximum Gasteiger partial charge on any atom is 0.139 e. The highest BCUT2D eigenvalue weighted by molar-refractivity contribution is 9.10. The first kappa shape index (κ1) is 14.3. The Morgan fingerprint density at radius 3 is 2.63 bits per heavy atom. The topological polar surface area (TPSA) is 12.0 Å². The van der Waals surface area contributed by atoms with Gasteiger partial charge in [0.15, 0.2) is 0 Å². The minimum absolute atomic E-state index is 0.335. The Kier molecular flexibility index (Phi) is 4.42. The van der Waals surface area contributed by atoms with Crippen LogP contribution in [0.15, 0.2) is 34.8 Å². The molecule has 0 aliphatic heterocycles. The van der Waals surface area contributed by atoms with E-state index < -0.39 is 0 Å². The monoisotopic (exact) mass is 345 g/mol. The third-order valence-corrected chi connectivity index (χ3v) is 3.71. The maximum absolute atomic E-state index is 13.5. The molecule has 0 bridgehead atoms. The van der Waals surface area contributed by atoms with E-state index in [2.05, 4.69) is 21.2 Å². The van der Waals surface area contributed by atoms with E-state index in [-0.39, 0.29) is 11.6 Å². The number of hydrogen-bond donors (Lipinski definition) is 1. The first-order valence-electron chi connectivity index (χ1n) is 5.61. The van der Waals surface area contributed by atoms with Crippen molar-refractivity contribution in [3.63, 3.8) is 0 Å². The summed E-state index contributed by atoms with van der Waals surface area (Å²) in [4.78, 5) is 0. The number of hydrogen-bond acceptors (Lipinski definition) is 1. The first-order chi connectivity index (χ1) is 8.97. The van der Waals surface area contributed by atoms with E-state index in [0.717, 1.165) is 11.1 Å². The highest BCUT2D eigenvalue weighted by Gasteiger charge is 2.06. The largest absolute Gasteiger partial charge is 0.381 e. The van der Waals surface area contributed by atoms with Gasteiger partial charge < -0.3 is 5.32 Å². The number of nitrogens with one attached hydrogen (secondary N) is 1. The minimum Gasteiger partial charge on any atom is -0.381 e. The molecule has 0 spiro atoms. The molecule has 2 aromatic rings. The third kappa shape index (κ3) is 3.45. The second-order valence-corrected chi connectivity index (χ2v) is 5.43. The molecule has 0 aliphatic rings. The van der Waals surface area contributed by atoms with Crippen LogP contribution in [-0.4, -0.2) is 0 Å². The molecule has 100 valence electrons. The number of benzene rings is 2. The Morgan fingerprint density at radius 1 is 1.21 bits per heavy atom. The van der Waals surface area contributed by atoms with Crippen LogP contribution in [0.3, 0.4) is 0 Å². The second kappa shape index (κ2) is 5.88. The number of rotatable bonds is 3. The Morgan fingerprint density at radius 2 is 1.95 bits per heavy atom. The summed E-state index contributed by atoms with van der Waals surface area (Å²) in [5, 5.41) is 3.44. The molecule has 1 nitrogen and oxygen atoms in total. The van der Waals surface area contributed by atoms with Gasteiger partial charge in [0.25, 0.3) is 0 Å². The molecule has 0 atom stereocenters. The number of aryl methyl sites for hydroxylation is 1. The van der Waals surface area contributed by atoms with Crippen molar-refractivity contribution < 1.29 is 8.78 Å². The Bertz CT molecular complexity index is 617. The average Bonchev–Trinajstić information content (AvgIpc) is 2.34. The molecule has 0 saturated heterocycles. The fraction of sp³-hybridized carbons (Fsp3) is 0.143. The van der Waals surface area contributed by atoms with Crippen LogP contribution < -0.4 is 5.32 Å². The molecule has 0 amide bonds. The van der Waals surface area contributed by atoms with Gasteiger partial charge in [0.05, 0.1) is 4.47 Å². The normalized spacial score (nSPS) is 10.6. The zero-order chi connectivity index (χ0) is 14.0. The van der Waals surface area contributed by atoms with Crippen LogP contribution in [0.5, 0.6) is 0 Å². The van der Waals surface area contributed by atoms with Crippen LogP contribution in [0.25, 0.3) is 0 Å². The highest BCUT2D eigenvalue weighted by atomic mass is 79.9. The molecule has 2 rings (SSSR count). The van der Waals surface area contributed by atoms with Crippen molar-refractivity contribution in [2.24, 2.45) is 0 Å². The van der Waals surface area contributed by atoms with E-state index in [1.165, 1.54) is 18.2 Å². The summed E-state index contributed by atoms with van der Waals surface area (Å²) in [5.74, 6) is -0.710. The van der Waals surface area contributed by atoms with Crippen LogP contribution in [0, 0.1) is 18.6 Å². The molecule has 2 aromatic carbocycles. The van der Waals surface area contributed by atoms with Crippen molar-refractivity contribution >= 4 is 33.2 Å². The molecule has 0 aliphatic carbocycles. The van der Waals surface area contributed by atoms with Gasteiger partial charge in [0, 0.05) is 17.3 Å². The molecular weight excluding hydrogens is 336 g/mol. The van der Waals surface area contributed by atoms with Crippen molar-refractivity contribution in [2.45, 2.75) is 13.5 Å². The maximum atomic E-state index is 13.5. The predicted octanol–water partition coefficient (Wildman–Crippen LogP) is 5.30. The summed E-state index contributed by atoms with van der Waals surface area (Å²) in [6, 6.07) is 7.32. The van der Waals surface area contributed by atoms with Crippen LogP contribution in [0.4, 0.5) is 14.5 Å². The van der Waals surface area contributed by atoms with Gasteiger partial charge in [-0.15, -0.1) is 0 Å². The lowest BCUT2D eigenvalue weighted by Crippen LogP contribution is -2.02. The van der Waals surface area contributed by atoms with Crippen molar-refractivity contribution in [1.82, 2.24) is 0 Å². The summed E-state index contributed by atoms with van der Waals surface area (Å²) in [7, 11) is 0. The molecule has 0 heterocycles. The molecule has 0 fully saturated rings. The Balaban J connectivity index is 2.16. The summed E-state index contributed by atoms with van der Waals surface area (Å²) in [6.07, 6.45) is 0. The van der Waals surface area contributed by atoms with Crippen LogP contribution in [0.2, 0.25) is 5.02 Å². The molecule has 5 heteroatoms. The van der Waals surface area contributed by atoms with Gasteiger partial charge in [-0.2, -0.15) is 0 Å². The van der Waals surface area contributed by atoms with Crippen molar-refractivity contribution in [3.8, 4) is 0 Å². The van der Waals surface area contributed by atoms with E-state index in [9.17, 15) is 8.78 Å². The van der Waals surface area contributed by atoms with E-state index in [1.54, 1.807) is 12.1 Å². The van der Waals surface area contributed by atoms with E-state index in [4.69, 9.17) is 11.6 Å². The highest BCUT2D eigenvalue weighted by Crippen LogP contribution is 2.25. The number of anilines is 1.